The molecular weight excluding hydrogens is 360 g/mol. The number of nitrogens with two attached hydrogens (primary N) is 1. The van der Waals surface area contributed by atoms with E-state index in [0.717, 1.165) is 33.6 Å². The number of nitrogens with zero attached hydrogens (tertiary/aromatic N) is 2. The van der Waals surface area contributed by atoms with Crippen LogP contribution >= 0.6 is 12.4 Å². The zero-order valence-corrected chi connectivity index (χ0v) is 18.5. The number of phenolic OH excluding ortho intramolecular Hbond substituents is 1. The maximum Gasteiger partial charge on any atom is 0.213 e. The first-order valence-electron chi connectivity index (χ1n) is 8.99. The quantitative estimate of drug-likeness (QED) is 0.517. The van der Waals surface area contributed by atoms with Crippen LogP contribution in [0.4, 0.5) is 0 Å². The number of hydrogen-bond donors (Lipinski definition) is 3. The van der Waals surface area contributed by atoms with Gasteiger partial charge < -0.3 is 10.8 Å². The highest BCUT2D eigenvalue weighted by molar-refractivity contribution is 5.85. The molecule has 0 saturated carbocycles. The van der Waals surface area contributed by atoms with Gasteiger partial charge in [0, 0.05) is 17.7 Å². The van der Waals surface area contributed by atoms with Gasteiger partial charge in [0.25, 0.3) is 0 Å². The van der Waals surface area contributed by atoms with E-state index in [0.29, 0.717) is 12.2 Å². The Kier molecular flexibility index (Phi) is 6.44. The van der Waals surface area contributed by atoms with Gasteiger partial charge in [0.05, 0.1) is 5.69 Å². The number of hydrogen-bond acceptors (Lipinski definition) is 3. The molecule has 27 heavy (non-hydrogen) atoms. The molecule has 0 fully saturated rings. The average molecular weight is 393 g/mol. The van der Waals surface area contributed by atoms with Gasteiger partial charge in [-0.15, -0.1) is 12.4 Å². The fraction of sp³-hybridized carbons (Fsp3) is 0.524. The number of aromatic hydroxyl groups is 1. The lowest BCUT2D eigenvalue weighted by Crippen LogP contribution is -2.23. The minimum absolute atomic E-state index is 0. The van der Waals surface area contributed by atoms with Gasteiger partial charge in [0.2, 0.25) is 5.96 Å². The summed E-state index contributed by atoms with van der Waals surface area (Å²) >= 11 is 0. The first kappa shape index (κ1) is 23.0. The van der Waals surface area contributed by atoms with Gasteiger partial charge in [-0.3, -0.25) is 5.41 Å². The summed E-state index contributed by atoms with van der Waals surface area (Å²) in [5.74, 6) is 0.315. The molecule has 4 N–H and O–H groups in total. The first-order valence-corrected chi connectivity index (χ1v) is 8.99. The highest BCUT2D eigenvalue weighted by Gasteiger charge is 2.27. The van der Waals surface area contributed by atoms with Gasteiger partial charge in [-0.25, -0.2) is 4.68 Å². The molecule has 1 aromatic carbocycles. The summed E-state index contributed by atoms with van der Waals surface area (Å²) in [5.41, 5.74) is 11.2. The lowest BCUT2D eigenvalue weighted by molar-refractivity contribution is 0.423. The first-order chi connectivity index (χ1) is 11.7. The Balaban J connectivity index is 0.00000364. The van der Waals surface area contributed by atoms with Crippen LogP contribution in [0.25, 0.3) is 0 Å². The van der Waals surface area contributed by atoms with Crippen LogP contribution in [0.5, 0.6) is 5.75 Å². The van der Waals surface area contributed by atoms with Gasteiger partial charge in [-0.05, 0) is 41.4 Å². The summed E-state index contributed by atoms with van der Waals surface area (Å²) in [6.45, 7) is 16.6. The SMILES string of the molecule is Cc1nn(C(=N)N)c(C)c1Cc1cc(C(C)(C)C)c(O)c(C(C)(C)C)c1.Cl. The fourth-order valence-electron chi connectivity index (χ4n) is 3.31. The minimum Gasteiger partial charge on any atom is -0.507 e. The fourth-order valence-corrected chi connectivity index (χ4v) is 3.31. The van der Waals surface area contributed by atoms with Crippen molar-refractivity contribution in [1.82, 2.24) is 9.78 Å². The number of nitrogens with one attached hydrogen (secondary N) is 1. The predicted molar refractivity (Wildman–Crippen MR) is 115 cm³/mol. The van der Waals surface area contributed by atoms with Crippen LogP contribution in [0.15, 0.2) is 12.1 Å². The molecule has 0 atom stereocenters. The molecule has 150 valence electrons. The lowest BCUT2D eigenvalue weighted by Gasteiger charge is -2.28. The van der Waals surface area contributed by atoms with Crippen molar-refractivity contribution in [2.75, 3.05) is 0 Å². The maximum atomic E-state index is 10.9. The second-order valence-electron chi connectivity index (χ2n) is 9.16. The van der Waals surface area contributed by atoms with E-state index in [2.05, 4.69) is 58.8 Å². The molecule has 0 saturated heterocycles. The third kappa shape index (κ3) is 4.64. The topological polar surface area (TPSA) is 87.9 Å². The van der Waals surface area contributed by atoms with E-state index in [1.54, 1.807) is 0 Å². The Morgan fingerprint density at radius 3 is 1.85 bits per heavy atom. The van der Waals surface area contributed by atoms with E-state index >= 15 is 0 Å². The Hall–Kier alpha value is -2.01. The van der Waals surface area contributed by atoms with E-state index in [1.807, 2.05) is 13.8 Å². The third-order valence-electron chi connectivity index (χ3n) is 4.84. The summed E-state index contributed by atoms with van der Waals surface area (Å²) in [7, 11) is 0. The molecular formula is C21H33ClN4O. The smallest absolute Gasteiger partial charge is 0.213 e. The summed E-state index contributed by atoms with van der Waals surface area (Å²) < 4.78 is 1.47. The van der Waals surface area contributed by atoms with Crippen molar-refractivity contribution in [2.24, 2.45) is 5.73 Å². The molecule has 2 aromatic rings. The highest BCUT2D eigenvalue weighted by Crippen LogP contribution is 2.40. The van der Waals surface area contributed by atoms with E-state index in [-0.39, 0.29) is 29.2 Å². The summed E-state index contributed by atoms with van der Waals surface area (Å²) in [4.78, 5) is 0. The Bertz CT molecular complexity index is 819. The second kappa shape index (κ2) is 7.55. The molecule has 0 bridgehead atoms. The number of benzene rings is 1. The zero-order chi connectivity index (χ0) is 20.0. The van der Waals surface area contributed by atoms with Crippen LogP contribution in [-0.4, -0.2) is 20.8 Å². The molecule has 0 radical (unpaired) electrons. The molecule has 0 amide bonds. The molecule has 5 nitrogen and oxygen atoms in total. The van der Waals surface area contributed by atoms with Gasteiger partial charge in [0.15, 0.2) is 0 Å². The molecule has 2 rings (SSSR count). The monoisotopic (exact) mass is 392 g/mol. The number of nitrogen functional groups attached to an aromatic ring is 1. The minimum atomic E-state index is -0.159. The Morgan fingerprint density at radius 1 is 1.07 bits per heavy atom. The number of phenols is 1. The van der Waals surface area contributed by atoms with Crippen molar-refractivity contribution in [3.05, 3.63) is 45.8 Å². The van der Waals surface area contributed by atoms with E-state index in [4.69, 9.17) is 11.1 Å². The van der Waals surface area contributed by atoms with Crippen LogP contribution < -0.4 is 5.73 Å². The number of aromatic nitrogens is 2. The summed E-state index contributed by atoms with van der Waals surface area (Å²) in [6, 6.07) is 4.18. The summed E-state index contributed by atoms with van der Waals surface area (Å²) in [5, 5.41) is 22.9. The molecule has 0 unspecified atom stereocenters. The molecule has 6 heteroatoms. The molecule has 0 aliphatic carbocycles. The molecule has 0 aliphatic heterocycles. The van der Waals surface area contributed by atoms with Crippen molar-refractivity contribution < 1.29 is 5.11 Å². The van der Waals surface area contributed by atoms with Gasteiger partial charge in [-0.2, -0.15) is 5.10 Å². The standard InChI is InChI=1S/C21H32N4O.ClH/c1-12-15(13(2)25(24-12)19(22)23)9-14-10-16(20(3,4)5)18(26)17(11-14)21(6,7)8;/h10-11,26H,9H2,1-8H3,(H3,22,23);1H. The Labute approximate surface area is 168 Å². The highest BCUT2D eigenvalue weighted by atomic mass is 35.5. The van der Waals surface area contributed by atoms with Crippen molar-refractivity contribution in [1.29, 1.82) is 5.41 Å². The average Bonchev–Trinajstić information content (AvgIpc) is 2.74. The van der Waals surface area contributed by atoms with Crippen molar-refractivity contribution in [3.8, 4) is 5.75 Å². The van der Waals surface area contributed by atoms with Crippen LogP contribution in [0.2, 0.25) is 0 Å². The largest absolute Gasteiger partial charge is 0.507 e. The Morgan fingerprint density at radius 2 is 1.52 bits per heavy atom. The van der Waals surface area contributed by atoms with Crippen LogP contribution in [0.1, 0.15) is 75.2 Å². The number of halogens is 1. The molecule has 1 aromatic heterocycles. The lowest BCUT2D eigenvalue weighted by atomic mass is 9.78. The van der Waals surface area contributed by atoms with Crippen molar-refractivity contribution in [2.45, 2.75) is 72.6 Å². The predicted octanol–water partition coefficient (Wildman–Crippen LogP) is 4.55. The molecule has 0 spiro atoms. The van der Waals surface area contributed by atoms with Crippen molar-refractivity contribution in [3.63, 3.8) is 0 Å². The van der Waals surface area contributed by atoms with Crippen LogP contribution in [0.3, 0.4) is 0 Å². The number of rotatable bonds is 2. The van der Waals surface area contributed by atoms with E-state index in [9.17, 15) is 5.11 Å². The van der Waals surface area contributed by atoms with Crippen LogP contribution in [-0.2, 0) is 17.3 Å². The van der Waals surface area contributed by atoms with Crippen molar-refractivity contribution >= 4 is 18.4 Å². The maximum absolute atomic E-state index is 10.9. The normalized spacial score (nSPS) is 12.0. The molecule has 0 aliphatic rings. The van der Waals surface area contributed by atoms with E-state index < -0.39 is 0 Å². The third-order valence-corrected chi connectivity index (χ3v) is 4.84. The van der Waals surface area contributed by atoms with Gasteiger partial charge in [0.1, 0.15) is 5.75 Å². The van der Waals surface area contributed by atoms with Gasteiger partial charge in [-0.1, -0.05) is 53.7 Å². The van der Waals surface area contributed by atoms with Gasteiger partial charge >= 0.3 is 0 Å². The number of aryl methyl sites for hydroxylation is 1. The summed E-state index contributed by atoms with van der Waals surface area (Å²) in [6.07, 6.45) is 0.692. The van der Waals surface area contributed by atoms with E-state index in [1.165, 1.54) is 4.68 Å². The second-order valence-corrected chi connectivity index (χ2v) is 9.16. The zero-order valence-electron chi connectivity index (χ0n) is 17.7. The van der Waals surface area contributed by atoms with Crippen LogP contribution in [0, 0.1) is 19.3 Å². The molecule has 1 heterocycles.